The van der Waals surface area contributed by atoms with E-state index in [1.807, 2.05) is 12.1 Å². The van der Waals surface area contributed by atoms with Crippen molar-refractivity contribution < 1.29 is 5.21 Å². The van der Waals surface area contributed by atoms with E-state index in [1.165, 1.54) is 10.9 Å². The van der Waals surface area contributed by atoms with Crippen LogP contribution in [0.5, 0.6) is 0 Å². The third-order valence-electron chi connectivity index (χ3n) is 3.59. The largest absolute Gasteiger partial charge is 0.409 e. The lowest BCUT2D eigenvalue weighted by molar-refractivity contribution is 0.315. The zero-order valence-corrected chi connectivity index (χ0v) is 9.48. The third-order valence-corrected chi connectivity index (χ3v) is 3.59. The highest BCUT2D eigenvalue weighted by Gasteiger charge is 2.26. The van der Waals surface area contributed by atoms with Crippen LogP contribution in [0.4, 0.5) is 0 Å². The Morgan fingerprint density at radius 2 is 2.24 bits per heavy atom. The maximum absolute atomic E-state index is 8.84. The first-order valence-electron chi connectivity index (χ1n) is 5.88. The van der Waals surface area contributed by atoms with E-state index in [-0.39, 0.29) is 5.92 Å². The Kier molecular flexibility index (Phi) is 2.28. The number of aryl methyl sites for hydroxylation is 1. The second kappa shape index (κ2) is 3.80. The van der Waals surface area contributed by atoms with Gasteiger partial charge in [0, 0.05) is 16.6 Å². The lowest BCUT2D eigenvalue weighted by Gasteiger charge is -2.21. The Morgan fingerprint density at radius 1 is 1.41 bits per heavy atom. The summed E-state index contributed by atoms with van der Waals surface area (Å²) in [5, 5.41) is 13.3. The van der Waals surface area contributed by atoms with Gasteiger partial charge in [0.05, 0.1) is 5.92 Å². The summed E-state index contributed by atoms with van der Waals surface area (Å²) in [6.45, 7) is 0. The number of nitrogens with zero attached hydrogens (tertiary/aromatic N) is 1. The van der Waals surface area contributed by atoms with Crippen molar-refractivity contribution in [1.29, 1.82) is 0 Å². The first-order valence-corrected chi connectivity index (χ1v) is 5.88. The van der Waals surface area contributed by atoms with E-state index in [0.29, 0.717) is 5.84 Å². The molecule has 0 saturated heterocycles. The number of fused-ring (bicyclic) bond motifs is 3. The molecule has 0 aliphatic heterocycles. The van der Waals surface area contributed by atoms with Gasteiger partial charge in [-0.1, -0.05) is 23.4 Å². The number of oxime groups is 1. The monoisotopic (exact) mass is 229 g/mol. The summed E-state index contributed by atoms with van der Waals surface area (Å²) >= 11 is 0. The fraction of sp³-hybridized carbons (Fsp3) is 0.308. The smallest absolute Gasteiger partial charge is 0.148 e. The fourth-order valence-corrected chi connectivity index (χ4v) is 2.78. The van der Waals surface area contributed by atoms with Gasteiger partial charge >= 0.3 is 0 Å². The molecule has 1 heterocycles. The number of para-hydroxylation sites is 1. The van der Waals surface area contributed by atoms with Crippen LogP contribution in [-0.4, -0.2) is 16.0 Å². The normalized spacial score (nSPS) is 20.5. The Morgan fingerprint density at radius 3 is 3.06 bits per heavy atom. The van der Waals surface area contributed by atoms with Crippen LogP contribution in [0.15, 0.2) is 29.4 Å². The third kappa shape index (κ3) is 1.48. The standard InChI is InChI=1S/C13H15N3O/c14-13(16-17)10-6-3-5-9-8-4-1-2-7-11(8)15-12(9)10/h1-2,4,7,10,15,17H,3,5-6H2,(H2,14,16)/t10-/m1/s1. The second-order valence-corrected chi connectivity index (χ2v) is 4.53. The summed E-state index contributed by atoms with van der Waals surface area (Å²) in [4.78, 5) is 3.41. The summed E-state index contributed by atoms with van der Waals surface area (Å²) in [5.74, 6) is 0.327. The van der Waals surface area contributed by atoms with Gasteiger partial charge in [-0.3, -0.25) is 0 Å². The zero-order chi connectivity index (χ0) is 11.8. The molecule has 0 spiro atoms. The molecule has 2 aromatic rings. The van der Waals surface area contributed by atoms with Crippen molar-refractivity contribution >= 4 is 16.7 Å². The summed E-state index contributed by atoms with van der Waals surface area (Å²) in [7, 11) is 0. The molecule has 1 aromatic carbocycles. The predicted molar refractivity (Wildman–Crippen MR) is 67.4 cm³/mol. The average Bonchev–Trinajstić information content (AvgIpc) is 2.76. The number of hydrogen-bond donors (Lipinski definition) is 3. The van der Waals surface area contributed by atoms with Crippen LogP contribution in [0.25, 0.3) is 10.9 Å². The summed E-state index contributed by atoms with van der Waals surface area (Å²) in [5.41, 5.74) is 9.34. The summed E-state index contributed by atoms with van der Waals surface area (Å²) in [6, 6.07) is 8.25. The van der Waals surface area contributed by atoms with Crippen LogP contribution in [0.1, 0.15) is 30.0 Å². The van der Waals surface area contributed by atoms with E-state index in [9.17, 15) is 0 Å². The molecule has 1 aliphatic rings. The average molecular weight is 229 g/mol. The quantitative estimate of drug-likeness (QED) is 0.304. The van der Waals surface area contributed by atoms with Crippen molar-refractivity contribution in [1.82, 2.24) is 4.98 Å². The molecular formula is C13H15N3O. The molecular weight excluding hydrogens is 214 g/mol. The number of aromatic amines is 1. The number of hydrogen-bond acceptors (Lipinski definition) is 2. The number of nitrogens with two attached hydrogens (primary N) is 1. The van der Waals surface area contributed by atoms with Crippen LogP contribution in [0.2, 0.25) is 0 Å². The van der Waals surface area contributed by atoms with Crippen molar-refractivity contribution in [3.05, 3.63) is 35.5 Å². The summed E-state index contributed by atoms with van der Waals surface area (Å²) in [6.07, 6.45) is 3.08. The van der Waals surface area contributed by atoms with Crippen LogP contribution < -0.4 is 5.73 Å². The second-order valence-electron chi connectivity index (χ2n) is 4.53. The maximum atomic E-state index is 8.84. The Labute approximate surface area is 99.1 Å². The van der Waals surface area contributed by atoms with Gasteiger partial charge in [0.1, 0.15) is 5.84 Å². The van der Waals surface area contributed by atoms with Crippen molar-refractivity contribution in [2.45, 2.75) is 25.2 Å². The van der Waals surface area contributed by atoms with E-state index in [0.717, 1.165) is 30.5 Å². The molecule has 4 heteroatoms. The molecule has 4 nitrogen and oxygen atoms in total. The van der Waals surface area contributed by atoms with Crippen molar-refractivity contribution in [2.75, 3.05) is 0 Å². The Hall–Kier alpha value is -1.97. The van der Waals surface area contributed by atoms with E-state index in [1.54, 1.807) is 0 Å². The molecule has 88 valence electrons. The number of aromatic nitrogens is 1. The molecule has 1 aliphatic carbocycles. The molecule has 1 atom stereocenters. The van der Waals surface area contributed by atoms with E-state index < -0.39 is 0 Å². The molecule has 17 heavy (non-hydrogen) atoms. The lowest BCUT2D eigenvalue weighted by atomic mass is 9.86. The first-order chi connectivity index (χ1) is 8.31. The van der Waals surface area contributed by atoms with Gasteiger partial charge in [0.2, 0.25) is 0 Å². The zero-order valence-electron chi connectivity index (χ0n) is 9.48. The molecule has 0 fully saturated rings. The van der Waals surface area contributed by atoms with Gasteiger partial charge in [0.15, 0.2) is 0 Å². The molecule has 0 unspecified atom stereocenters. The molecule has 0 radical (unpaired) electrons. The summed E-state index contributed by atoms with van der Waals surface area (Å²) < 4.78 is 0. The van der Waals surface area contributed by atoms with Gasteiger partial charge in [-0.15, -0.1) is 0 Å². The van der Waals surface area contributed by atoms with Gasteiger partial charge in [-0.25, -0.2) is 0 Å². The van der Waals surface area contributed by atoms with Gasteiger partial charge < -0.3 is 15.9 Å². The molecule has 1 aromatic heterocycles. The molecule has 4 N–H and O–H groups in total. The number of rotatable bonds is 1. The van der Waals surface area contributed by atoms with Crippen LogP contribution in [0, 0.1) is 0 Å². The van der Waals surface area contributed by atoms with Crippen molar-refractivity contribution in [3.63, 3.8) is 0 Å². The van der Waals surface area contributed by atoms with Gasteiger partial charge in [0.25, 0.3) is 0 Å². The Balaban J connectivity index is 2.21. The minimum atomic E-state index is 0.0242. The molecule has 0 saturated carbocycles. The molecule has 3 rings (SSSR count). The number of benzene rings is 1. The number of H-pyrrole nitrogens is 1. The predicted octanol–water partition coefficient (Wildman–Crippen LogP) is 2.33. The Bertz CT molecular complexity index is 585. The minimum absolute atomic E-state index is 0.0242. The minimum Gasteiger partial charge on any atom is -0.409 e. The maximum Gasteiger partial charge on any atom is 0.148 e. The molecule has 0 amide bonds. The van der Waals surface area contributed by atoms with E-state index in [4.69, 9.17) is 10.9 Å². The first kappa shape index (κ1) is 10.2. The highest BCUT2D eigenvalue weighted by atomic mass is 16.4. The highest BCUT2D eigenvalue weighted by Crippen LogP contribution is 2.35. The number of amidine groups is 1. The van der Waals surface area contributed by atoms with Gasteiger partial charge in [-0.05, 0) is 30.9 Å². The SMILES string of the molecule is N/C(=N\O)[C@@H]1CCCc2c1[nH]c1ccccc21. The lowest BCUT2D eigenvalue weighted by Crippen LogP contribution is -2.25. The van der Waals surface area contributed by atoms with Crippen LogP contribution in [0.3, 0.4) is 0 Å². The van der Waals surface area contributed by atoms with Crippen molar-refractivity contribution in [3.8, 4) is 0 Å². The van der Waals surface area contributed by atoms with Crippen molar-refractivity contribution in [2.24, 2.45) is 10.9 Å². The van der Waals surface area contributed by atoms with Crippen LogP contribution >= 0.6 is 0 Å². The van der Waals surface area contributed by atoms with E-state index >= 15 is 0 Å². The fourth-order valence-electron chi connectivity index (χ4n) is 2.78. The topological polar surface area (TPSA) is 74.4 Å². The highest BCUT2D eigenvalue weighted by molar-refractivity contribution is 5.91. The molecule has 0 bridgehead atoms. The van der Waals surface area contributed by atoms with E-state index in [2.05, 4.69) is 22.3 Å². The van der Waals surface area contributed by atoms with Gasteiger partial charge in [-0.2, -0.15) is 0 Å². The van der Waals surface area contributed by atoms with Crippen LogP contribution in [-0.2, 0) is 6.42 Å². The number of nitrogens with one attached hydrogen (secondary N) is 1.